The Kier molecular flexibility index (Phi) is 3.96. The first-order chi connectivity index (χ1) is 9.39. The van der Waals surface area contributed by atoms with Gasteiger partial charge in [-0.1, -0.05) is 27.7 Å². The number of carbonyl (C=O) groups is 1. The summed E-state index contributed by atoms with van der Waals surface area (Å²) in [5.41, 5.74) is 0.441. The van der Waals surface area contributed by atoms with Crippen molar-refractivity contribution >= 4 is 47.3 Å². The van der Waals surface area contributed by atoms with Crippen LogP contribution in [-0.2, 0) is 13.8 Å². The van der Waals surface area contributed by atoms with E-state index in [4.69, 9.17) is 10.7 Å². The number of amides is 1. The highest BCUT2D eigenvalue weighted by molar-refractivity contribution is 9.10. The van der Waals surface area contributed by atoms with E-state index in [0.717, 1.165) is 0 Å². The maximum atomic E-state index is 12.3. The standard InChI is InChI=1S/C14H17BrClNO3S/c1-13(2)11(14(13,3)4)12(18)17-8-5-6-10(9(15)7-8)21(16,19)20/h5-7,11H,1-4H3,(H,17,18). The van der Waals surface area contributed by atoms with Gasteiger partial charge in [0.15, 0.2) is 0 Å². The van der Waals surface area contributed by atoms with E-state index in [1.54, 1.807) is 0 Å². The SMILES string of the molecule is CC1(C)C(C(=O)Nc2ccc(S(=O)(=O)Cl)c(Br)c2)C1(C)C. The molecule has 0 bridgehead atoms. The van der Waals surface area contributed by atoms with Crippen molar-refractivity contribution in [1.82, 2.24) is 0 Å². The van der Waals surface area contributed by atoms with E-state index in [1.807, 2.05) is 0 Å². The topological polar surface area (TPSA) is 63.2 Å². The van der Waals surface area contributed by atoms with Crippen molar-refractivity contribution in [2.75, 3.05) is 5.32 Å². The minimum atomic E-state index is -3.81. The Labute approximate surface area is 137 Å². The van der Waals surface area contributed by atoms with Crippen LogP contribution in [0.25, 0.3) is 0 Å². The molecule has 0 heterocycles. The summed E-state index contributed by atoms with van der Waals surface area (Å²) in [6.45, 7) is 8.26. The van der Waals surface area contributed by atoms with E-state index in [9.17, 15) is 13.2 Å². The van der Waals surface area contributed by atoms with Crippen LogP contribution in [0.4, 0.5) is 5.69 Å². The van der Waals surface area contributed by atoms with Crippen LogP contribution < -0.4 is 5.32 Å². The summed E-state index contributed by atoms with van der Waals surface area (Å²) < 4.78 is 23.0. The number of hydrogen-bond acceptors (Lipinski definition) is 3. The molecule has 1 aromatic rings. The summed E-state index contributed by atoms with van der Waals surface area (Å²) in [5.74, 6) is -0.126. The first kappa shape index (κ1) is 16.8. The molecule has 1 aromatic carbocycles. The second-order valence-corrected chi connectivity index (χ2v) is 9.84. The Hall–Kier alpha value is -0.590. The molecule has 0 radical (unpaired) electrons. The number of anilines is 1. The highest BCUT2D eigenvalue weighted by atomic mass is 79.9. The second kappa shape index (κ2) is 4.96. The molecule has 1 aliphatic rings. The second-order valence-electron chi connectivity index (χ2n) is 6.45. The van der Waals surface area contributed by atoms with Gasteiger partial charge in [0, 0.05) is 26.8 Å². The van der Waals surface area contributed by atoms with Crippen molar-refractivity contribution in [3.05, 3.63) is 22.7 Å². The summed E-state index contributed by atoms with van der Waals surface area (Å²) in [5, 5.41) is 2.83. The molecule has 1 N–H and O–H groups in total. The molecule has 0 saturated heterocycles. The largest absolute Gasteiger partial charge is 0.326 e. The lowest BCUT2D eigenvalue weighted by molar-refractivity contribution is -0.118. The molecule has 1 fully saturated rings. The maximum absolute atomic E-state index is 12.3. The van der Waals surface area contributed by atoms with Gasteiger partial charge in [-0.2, -0.15) is 0 Å². The Bertz CT molecular complexity index is 699. The number of benzene rings is 1. The molecule has 1 saturated carbocycles. The summed E-state index contributed by atoms with van der Waals surface area (Å²) in [6, 6.07) is 4.43. The van der Waals surface area contributed by atoms with Crippen LogP contribution >= 0.6 is 26.6 Å². The van der Waals surface area contributed by atoms with Gasteiger partial charge in [-0.05, 0) is 45.0 Å². The molecule has 0 atom stereocenters. The fraction of sp³-hybridized carbons (Fsp3) is 0.500. The predicted octanol–water partition coefficient (Wildman–Crippen LogP) is 4.00. The number of nitrogens with one attached hydrogen (secondary N) is 1. The van der Waals surface area contributed by atoms with Crippen LogP contribution in [-0.4, -0.2) is 14.3 Å². The Balaban J connectivity index is 2.19. The summed E-state index contributed by atoms with van der Waals surface area (Å²) >= 11 is 3.16. The fourth-order valence-electron chi connectivity index (χ4n) is 2.84. The zero-order valence-corrected chi connectivity index (χ0v) is 15.4. The molecular formula is C14H17BrClNO3S. The third kappa shape index (κ3) is 2.85. The smallest absolute Gasteiger partial charge is 0.262 e. The normalized spacial score (nSPS) is 20.1. The van der Waals surface area contributed by atoms with Crippen molar-refractivity contribution in [3.8, 4) is 0 Å². The van der Waals surface area contributed by atoms with E-state index < -0.39 is 9.05 Å². The van der Waals surface area contributed by atoms with Gasteiger partial charge in [-0.15, -0.1) is 0 Å². The molecule has 116 valence electrons. The minimum Gasteiger partial charge on any atom is -0.326 e. The summed E-state index contributed by atoms with van der Waals surface area (Å²) in [6.07, 6.45) is 0. The van der Waals surface area contributed by atoms with Crippen LogP contribution in [0.1, 0.15) is 27.7 Å². The van der Waals surface area contributed by atoms with Gasteiger partial charge in [-0.25, -0.2) is 8.42 Å². The Morgan fingerprint density at radius 1 is 1.24 bits per heavy atom. The minimum absolute atomic E-state index is 0.0192. The molecule has 1 aliphatic carbocycles. The van der Waals surface area contributed by atoms with Crippen molar-refractivity contribution < 1.29 is 13.2 Å². The van der Waals surface area contributed by atoms with Gasteiger partial charge in [0.2, 0.25) is 5.91 Å². The third-order valence-electron chi connectivity index (χ3n) is 4.75. The highest BCUT2D eigenvalue weighted by Crippen LogP contribution is 2.68. The van der Waals surface area contributed by atoms with Crippen LogP contribution in [0.3, 0.4) is 0 Å². The number of rotatable bonds is 3. The van der Waals surface area contributed by atoms with Crippen molar-refractivity contribution in [2.45, 2.75) is 32.6 Å². The monoisotopic (exact) mass is 393 g/mol. The van der Waals surface area contributed by atoms with E-state index in [0.29, 0.717) is 10.2 Å². The Morgan fingerprint density at radius 2 is 1.76 bits per heavy atom. The molecule has 21 heavy (non-hydrogen) atoms. The number of carbonyl (C=O) groups excluding carboxylic acids is 1. The Morgan fingerprint density at radius 3 is 2.14 bits per heavy atom. The first-order valence-electron chi connectivity index (χ1n) is 6.44. The zero-order valence-electron chi connectivity index (χ0n) is 12.2. The third-order valence-corrected chi connectivity index (χ3v) is 7.04. The van der Waals surface area contributed by atoms with E-state index in [-0.39, 0.29) is 27.6 Å². The van der Waals surface area contributed by atoms with Crippen LogP contribution in [0, 0.1) is 16.7 Å². The van der Waals surface area contributed by atoms with Gasteiger partial charge < -0.3 is 5.32 Å². The average molecular weight is 395 g/mol. The zero-order chi connectivity index (χ0) is 16.2. The molecule has 1 amide bonds. The van der Waals surface area contributed by atoms with Gasteiger partial charge in [0.25, 0.3) is 9.05 Å². The van der Waals surface area contributed by atoms with Gasteiger partial charge in [0.05, 0.1) is 4.90 Å². The molecule has 0 aromatic heterocycles. The highest BCUT2D eigenvalue weighted by Gasteiger charge is 2.68. The molecular weight excluding hydrogens is 378 g/mol. The maximum Gasteiger partial charge on any atom is 0.262 e. The molecule has 4 nitrogen and oxygen atoms in total. The lowest BCUT2D eigenvalue weighted by Gasteiger charge is -2.08. The van der Waals surface area contributed by atoms with Crippen molar-refractivity contribution in [1.29, 1.82) is 0 Å². The summed E-state index contributed by atoms with van der Waals surface area (Å²) in [4.78, 5) is 12.3. The predicted molar refractivity (Wildman–Crippen MR) is 86.9 cm³/mol. The lowest BCUT2D eigenvalue weighted by atomic mass is 10.0. The molecule has 0 aliphatic heterocycles. The van der Waals surface area contributed by atoms with E-state index in [1.165, 1.54) is 18.2 Å². The van der Waals surface area contributed by atoms with E-state index in [2.05, 4.69) is 48.9 Å². The van der Waals surface area contributed by atoms with Gasteiger partial charge >= 0.3 is 0 Å². The van der Waals surface area contributed by atoms with Crippen LogP contribution in [0.2, 0.25) is 0 Å². The van der Waals surface area contributed by atoms with Crippen molar-refractivity contribution in [2.24, 2.45) is 16.7 Å². The molecule has 2 rings (SSSR count). The lowest BCUT2D eigenvalue weighted by Crippen LogP contribution is -2.17. The molecule has 0 unspecified atom stereocenters. The van der Waals surface area contributed by atoms with Crippen LogP contribution in [0.5, 0.6) is 0 Å². The molecule has 7 heteroatoms. The first-order valence-corrected chi connectivity index (χ1v) is 9.54. The number of halogens is 2. The van der Waals surface area contributed by atoms with Gasteiger partial charge in [-0.3, -0.25) is 4.79 Å². The summed E-state index contributed by atoms with van der Waals surface area (Å²) in [7, 11) is 1.50. The average Bonchev–Trinajstić information content (AvgIpc) is 2.66. The van der Waals surface area contributed by atoms with E-state index >= 15 is 0 Å². The number of hydrogen-bond donors (Lipinski definition) is 1. The fourth-order valence-corrected chi connectivity index (χ4v) is 5.07. The van der Waals surface area contributed by atoms with Gasteiger partial charge in [0.1, 0.15) is 0 Å². The van der Waals surface area contributed by atoms with Crippen molar-refractivity contribution in [3.63, 3.8) is 0 Å². The molecule has 0 spiro atoms. The quantitative estimate of drug-likeness (QED) is 0.788. The van der Waals surface area contributed by atoms with Crippen LogP contribution in [0.15, 0.2) is 27.6 Å².